The first-order valence-corrected chi connectivity index (χ1v) is 8.85. The molecule has 3 rings (SSSR count). The third-order valence-electron chi connectivity index (χ3n) is 7.36. The Morgan fingerprint density at radius 2 is 1.86 bits per heavy atom. The van der Waals surface area contributed by atoms with E-state index in [1.165, 1.54) is 5.57 Å². The van der Waals surface area contributed by atoms with Crippen molar-refractivity contribution in [1.82, 2.24) is 0 Å². The zero-order chi connectivity index (χ0) is 16.3. The molecule has 0 aromatic carbocycles. The van der Waals surface area contributed by atoms with Gasteiger partial charge in [-0.25, -0.2) is 0 Å². The van der Waals surface area contributed by atoms with Gasteiger partial charge in [-0.2, -0.15) is 0 Å². The fraction of sp³-hybridized carbons (Fsp3) is 0.800. The van der Waals surface area contributed by atoms with Crippen molar-refractivity contribution in [2.24, 2.45) is 28.1 Å². The van der Waals surface area contributed by atoms with Crippen LogP contribution in [-0.2, 0) is 0 Å². The van der Waals surface area contributed by atoms with Crippen LogP contribution in [0, 0.1) is 28.1 Å². The molecule has 0 aliphatic heterocycles. The molecule has 0 aromatic rings. The van der Waals surface area contributed by atoms with Crippen molar-refractivity contribution < 1.29 is 10.2 Å². The smallest absolute Gasteiger partial charge is 0.0622 e. The van der Waals surface area contributed by atoms with Gasteiger partial charge in [0.15, 0.2) is 0 Å². The van der Waals surface area contributed by atoms with Gasteiger partial charge in [0, 0.05) is 11.3 Å². The van der Waals surface area contributed by atoms with Crippen molar-refractivity contribution in [3.05, 3.63) is 24.3 Å². The van der Waals surface area contributed by atoms with Gasteiger partial charge in [0.25, 0.3) is 0 Å². The van der Waals surface area contributed by atoms with E-state index in [1.54, 1.807) is 0 Å². The minimum atomic E-state index is -0.290. The molecule has 0 spiro atoms. The van der Waals surface area contributed by atoms with Crippen LogP contribution in [0.3, 0.4) is 0 Å². The van der Waals surface area contributed by atoms with E-state index in [2.05, 4.69) is 40.3 Å². The molecule has 6 atom stereocenters. The molecule has 0 heterocycles. The van der Waals surface area contributed by atoms with Crippen LogP contribution in [0.15, 0.2) is 24.3 Å². The van der Waals surface area contributed by atoms with Gasteiger partial charge in [-0.05, 0) is 48.9 Å². The van der Waals surface area contributed by atoms with Crippen LogP contribution in [0.1, 0.15) is 59.8 Å². The average molecular weight is 304 g/mol. The van der Waals surface area contributed by atoms with Crippen LogP contribution in [-0.4, -0.2) is 22.4 Å². The van der Waals surface area contributed by atoms with Gasteiger partial charge in [-0.15, -0.1) is 6.58 Å². The average Bonchev–Trinajstić information content (AvgIpc) is 2.42. The monoisotopic (exact) mass is 304 g/mol. The molecule has 2 fully saturated rings. The number of aliphatic hydroxyl groups is 2. The summed E-state index contributed by atoms with van der Waals surface area (Å²) in [6.07, 6.45) is 8.71. The molecular weight excluding hydrogens is 272 g/mol. The Hall–Kier alpha value is -0.600. The van der Waals surface area contributed by atoms with Gasteiger partial charge in [-0.3, -0.25) is 0 Å². The Labute approximate surface area is 135 Å². The van der Waals surface area contributed by atoms with E-state index in [9.17, 15) is 10.2 Å². The van der Waals surface area contributed by atoms with Crippen LogP contribution in [0.5, 0.6) is 0 Å². The van der Waals surface area contributed by atoms with Gasteiger partial charge in [-0.1, -0.05) is 45.4 Å². The minimum absolute atomic E-state index is 0.0581. The SMILES string of the molecule is C=C[C@]1(C)C=C2CC[C@@H]3C(C)(C)[C@H](O)CC[C@@]3(C)[C@@H]2[C@@H](O)C1. The first-order valence-electron chi connectivity index (χ1n) is 8.85. The number of fused-ring (bicyclic) bond motifs is 3. The van der Waals surface area contributed by atoms with Crippen LogP contribution in [0.25, 0.3) is 0 Å². The van der Waals surface area contributed by atoms with E-state index in [4.69, 9.17) is 0 Å². The highest BCUT2D eigenvalue weighted by Crippen LogP contribution is 2.63. The lowest BCUT2D eigenvalue weighted by molar-refractivity contribution is -0.146. The van der Waals surface area contributed by atoms with Gasteiger partial charge >= 0.3 is 0 Å². The van der Waals surface area contributed by atoms with Crippen molar-refractivity contribution in [1.29, 1.82) is 0 Å². The highest BCUT2D eigenvalue weighted by Gasteiger charge is 2.58. The van der Waals surface area contributed by atoms with E-state index in [0.29, 0.717) is 5.92 Å². The fourth-order valence-electron chi connectivity index (χ4n) is 6.08. The molecule has 0 saturated heterocycles. The lowest BCUT2D eigenvalue weighted by Gasteiger charge is -2.61. The Kier molecular flexibility index (Phi) is 3.66. The summed E-state index contributed by atoms with van der Waals surface area (Å²) in [4.78, 5) is 0. The van der Waals surface area contributed by atoms with Crippen LogP contribution >= 0.6 is 0 Å². The molecule has 22 heavy (non-hydrogen) atoms. The highest BCUT2D eigenvalue weighted by atomic mass is 16.3. The fourth-order valence-corrected chi connectivity index (χ4v) is 6.08. The maximum Gasteiger partial charge on any atom is 0.0622 e. The largest absolute Gasteiger partial charge is 0.393 e. The highest BCUT2D eigenvalue weighted by molar-refractivity contribution is 5.28. The normalized spacial score (nSPS) is 50.5. The summed E-state index contributed by atoms with van der Waals surface area (Å²) in [6, 6.07) is 0. The van der Waals surface area contributed by atoms with Crippen molar-refractivity contribution in [3.63, 3.8) is 0 Å². The maximum atomic E-state index is 11.0. The summed E-state index contributed by atoms with van der Waals surface area (Å²) in [5, 5.41) is 21.4. The standard InChI is InChI=1S/C20H32O2/c1-6-19(4)11-13-7-8-15-18(2,3)16(22)9-10-20(15,5)17(13)14(21)12-19/h6,11,14-17,21-22H,1,7-10,12H2,2-5H3/t14-,15+,16+,17-,19+,20+/m0/s1. The topological polar surface area (TPSA) is 40.5 Å². The number of hydrogen-bond donors (Lipinski definition) is 2. The summed E-state index contributed by atoms with van der Waals surface area (Å²) in [7, 11) is 0. The van der Waals surface area contributed by atoms with Gasteiger partial charge in [0.2, 0.25) is 0 Å². The first-order chi connectivity index (χ1) is 10.1. The first kappa shape index (κ1) is 16.3. The molecule has 0 unspecified atom stereocenters. The van der Waals surface area contributed by atoms with E-state index in [1.807, 2.05) is 6.08 Å². The Bertz CT molecular complexity index is 506. The quantitative estimate of drug-likeness (QED) is 0.717. The van der Waals surface area contributed by atoms with E-state index in [-0.39, 0.29) is 34.4 Å². The second-order valence-corrected chi connectivity index (χ2v) is 9.15. The minimum Gasteiger partial charge on any atom is -0.393 e. The Balaban J connectivity index is 2.03. The zero-order valence-electron chi connectivity index (χ0n) is 14.6. The molecule has 3 aliphatic carbocycles. The predicted octanol–water partition coefficient (Wildman–Crippen LogP) is 4.08. The van der Waals surface area contributed by atoms with E-state index in [0.717, 1.165) is 32.1 Å². The number of rotatable bonds is 1. The molecule has 2 saturated carbocycles. The lowest BCUT2D eigenvalue weighted by atomic mass is 9.44. The Morgan fingerprint density at radius 1 is 1.18 bits per heavy atom. The summed E-state index contributed by atoms with van der Waals surface area (Å²) in [6.45, 7) is 13.0. The van der Waals surface area contributed by atoms with E-state index < -0.39 is 0 Å². The van der Waals surface area contributed by atoms with Crippen molar-refractivity contribution >= 4 is 0 Å². The third kappa shape index (κ3) is 2.14. The van der Waals surface area contributed by atoms with Gasteiger partial charge < -0.3 is 10.2 Å². The lowest BCUT2D eigenvalue weighted by Crippen LogP contribution is -2.58. The molecular formula is C20H32O2. The predicted molar refractivity (Wildman–Crippen MR) is 90.4 cm³/mol. The zero-order valence-corrected chi connectivity index (χ0v) is 14.6. The molecule has 2 N–H and O–H groups in total. The van der Waals surface area contributed by atoms with Crippen LogP contribution in [0.2, 0.25) is 0 Å². The van der Waals surface area contributed by atoms with Crippen LogP contribution in [0.4, 0.5) is 0 Å². The summed E-state index contributed by atoms with van der Waals surface area (Å²) < 4.78 is 0. The second-order valence-electron chi connectivity index (χ2n) is 9.15. The molecule has 0 radical (unpaired) electrons. The van der Waals surface area contributed by atoms with Gasteiger partial charge in [0.1, 0.15) is 0 Å². The molecule has 0 aromatic heterocycles. The number of aliphatic hydroxyl groups excluding tert-OH is 2. The molecule has 124 valence electrons. The number of allylic oxidation sites excluding steroid dienone is 2. The summed E-state index contributed by atoms with van der Waals surface area (Å²) in [5.41, 5.74) is 1.41. The second kappa shape index (κ2) is 4.95. The third-order valence-corrected chi connectivity index (χ3v) is 7.36. The van der Waals surface area contributed by atoms with Crippen molar-refractivity contribution in [3.8, 4) is 0 Å². The molecule has 2 heteroatoms. The molecule has 0 amide bonds. The van der Waals surface area contributed by atoms with Crippen LogP contribution < -0.4 is 0 Å². The van der Waals surface area contributed by atoms with E-state index >= 15 is 0 Å². The Morgan fingerprint density at radius 3 is 2.50 bits per heavy atom. The molecule has 3 aliphatic rings. The molecule has 2 nitrogen and oxygen atoms in total. The van der Waals surface area contributed by atoms with Gasteiger partial charge in [0.05, 0.1) is 12.2 Å². The summed E-state index contributed by atoms with van der Waals surface area (Å²) in [5.74, 6) is 0.736. The van der Waals surface area contributed by atoms with Crippen molar-refractivity contribution in [2.75, 3.05) is 0 Å². The van der Waals surface area contributed by atoms with Crippen molar-refractivity contribution in [2.45, 2.75) is 72.0 Å². The maximum absolute atomic E-state index is 11.0. The summed E-state index contributed by atoms with van der Waals surface area (Å²) >= 11 is 0. The number of hydrogen-bond acceptors (Lipinski definition) is 2. The molecule has 0 bridgehead atoms.